The lowest BCUT2D eigenvalue weighted by molar-refractivity contribution is -0.127. The number of methoxy groups -OCH3 is 2. The minimum absolute atomic E-state index is 0.191. The van der Waals surface area contributed by atoms with Crippen LogP contribution >= 0.6 is 0 Å². The second-order valence-corrected chi connectivity index (χ2v) is 6.30. The Kier molecular flexibility index (Phi) is 6.50. The van der Waals surface area contributed by atoms with Gasteiger partial charge in [-0.3, -0.25) is 4.79 Å². The van der Waals surface area contributed by atoms with Gasteiger partial charge in [0.05, 0.1) is 20.3 Å². The summed E-state index contributed by atoms with van der Waals surface area (Å²) in [5.74, 6) is 1.94. The largest absolute Gasteiger partial charge is 0.497 e. The van der Waals surface area contributed by atoms with E-state index in [9.17, 15) is 4.79 Å². The fourth-order valence-corrected chi connectivity index (χ4v) is 2.68. The zero-order chi connectivity index (χ0) is 19.3. The molecule has 5 heteroatoms. The summed E-state index contributed by atoms with van der Waals surface area (Å²) in [6, 6.07) is 11.1. The normalized spacial score (nSPS) is 12.8. The van der Waals surface area contributed by atoms with Gasteiger partial charge in [-0.1, -0.05) is 12.1 Å². The highest BCUT2D eigenvalue weighted by Gasteiger charge is 2.21. The van der Waals surface area contributed by atoms with Gasteiger partial charge in [-0.15, -0.1) is 0 Å². The average Bonchev–Trinajstić information content (AvgIpc) is 2.64. The summed E-state index contributed by atoms with van der Waals surface area (Å²) < 4.78 is 16.5. The molecule has 0 spiro atoms. The van der Waals surface area contributed by atoms with Gasteiger partial charge in [0, 0.05) is 5.56 Å². The van der Waals surface area contributed by atoms with Crippen molar-refractivity contribution in [2.75, 3.05) is 14.2 Å². The quantitative estimate of drug-likeness (QED) is 0.815. The van der Waals surface area contributed by atoms with Crippen molar-refractivity contribution < 1.29 is 19.0 Å². The van der Waals surface area contributed by atoms with E-state index in [1.165, 1.54) is 0 Å². The molecule has 0 aliphatic rings. The molecule has 0 aliphatic heterocycles. The van der Waals surface area contributed by atoms with Crippen LogP contribution in [0.2, 0.25) is 0 Å². The molecule has 2 aromatic carbocycles. The molecule has 140 valence electrons. The molecule has 2 rings (SSSR count). The van der Waals surface area contributed by atoms with Gasteiger partial charge in [-0.2, -0.15) is 0 Å². The van der Waals surface area contributed by atoms with E-state index in [4.69, 9.17) is 14.2 Å². The third-order valence-corrected chi connectivity index (χ3v) is 4.49. The number of ether oxygens (including phenoxy) is 3. The maximum atomic E-state index is 12.6. The molecule has 0 aromatic heterocycles. The number of nitrogens with one attached hydrogen (secondary N) is 1. The number of amides is 1. The summed E-state index contributed by atoms with van der Waals surface area (Å²) in [5, 5.41) is 2.98. The van der Waals surface area contributed by atoms with Crippen LogP contribution in [0.4, 0.5) is 0 Å². The highest BCUT2D eigenvalue weighted by atomic mass is 16.5. The molecule has 0 saturated heterocycles. The molecule has 1 N–H and O–H groups in total. The first-order valence-corrected chi connectivity index (χ1v) is 8.62. The van der Waals surface area contributed by atoms with Crippen molar-refractivity contribution in [3.8, 4) is 17.2 Å². The van der Waals surface area contributed by atoms with Gasteiger partial charge in [0.25, 0.3) is 5.91 Å². The predicted molar refractivity (Wildman–Crippen MR) is 102 cm³/mol. The molecular weight excluding hydrogens is 330 g/mol. The Morgan fingerprint density at radius 3 is 2.38 bits per heavy atom. The van der Waals surface area contributed by atoms with E-state index in [-0.39, 0.29) is 11.9 Å². The molecule has 5 nitrogen and oxygen atoms in total. The van der Waals surface area contributed by atoms with E-state index in [0.29, 0.717) is 11.5 Å². The number of hydrogen-bond donors (Lipinski definition) is 1. The number of hydrogen-bond acceptors (Lipinski definition) is 4. The highest BCUT2D eigenvalue weighted by molar-refractivity contribution is 5.81. The molecule has 0 radical (unpaired) electrons. The lowest BCUT2D eigenvalue weighted by atomic mass is 10.1. The Morgan fingerprint density at radius 2 is 1.73 bits per heavy atom. The Hall–Kier alpha value is -2.69. The van der Waals surface area contributed by atoms with Crippen LogP contribution < -0.4 is 19.5 Å². The first-order chi connectivity index (χ1) is 12.4. The van der Waals surface area contributed by atoms with Crippen LogP contribution in [0.1, 0.15) is 36.6 Å². The van der Waals surface area contributed by atoms with Crippen molar-refractivity contribution >= 4 is 5.91 Å². The van der Waals surface area contributed by atoms with Gasteiger partial charge < -0.3 is 19.5 Å². The van der Waals surface area contributed by atoms with E-state index in [0.717, 1.165) is 22.4 Å². The number of carbonyl (C=O) groups is 1. The van der Waals surface area contributed by atoms with Crippen LogP contribution in [-0.2, 0) is 4.79 Å². The van der Waals surface area contributed by atoms with Crippen molar-refractivity contribution in [1.82, 2.24) is 5.32 Å². The SMILES string of the molecule is COc1ccc(OC)c([C@H](C)NC(=O)[C@H](C)Oc2cccc(C)c2C)c1. The van der Waals surface area contributed by atoms with Crippen molar-refractivity contribution in [2.45, 2.75) is 39.8 Å². The monoisotopic (exact) mass is 357 g/mol. The molecular formula is C21H27NO4. The van der Waals surface area contributed by atoms with Crippen LogP contribution in [0.5, 0.6) is 17.2 Å². The van der Waals surface area contributed by atoms with Crippen LogP contribution in [0.3, 0.4) is 0 Å². The Bertz CT molecular complexity index is 773. The fraction of sp³-hybridized carbons (Fsp3) is 0.381. The lowest BCUT2D eigenvalue weighted by Crippen LogP contribution is -2.38. The van der Waals surface area contributed by atoms with Crippen LogP contribution in [0.25, 0.3) is 0 Å². The van der Waals surface area contributed by atoms with Crippen LogP contribution in [0, 0.1) is 13.8 Å². The van der Waals surface area contributed by atoms with Crippen molar-refractivity contribution in [1.29, 1.82) is 0 Å². The molecule has 26 heavy (non-hydrogen) atoms. The topological polar surface area (TPSA) is 56.8 Å². The summed E-state index contributed by atoms with van der Waals surface area (Å²) in [6.07, 6.45) is -0.616. The third-order valence-electron chi connectivity index (χ3n) is 4.49. The molecule has 2 atom stereocenters. The lowest BCUT2D eigenvalue weighted by Gasteiger charge is -2.21. The summed E-state index contributed by atoms with van der Waals surface area (Å²) in [5.41, 5.74) is 3.01. The zero-order valence-electron chi connectivity index (χ0n) is 16.3. The summed E-state index contributed by atoms with van der Waals surface area (Å²) in [6.45, 7) is 7.65. The molecule has 0 aliphatic carbocycles. The molecule has 1 amide bonds. The first-order valence-electron chi connectivity index (χ1n) is 8.62. The van der Waals surface area contributed by atoms with E-state index >= 15 is 0 Å². The minimum Gasteiger partial charge on any atom is -0.497 e. The standard InChI is InChI=1S/C21H27NO4/c1-13-8-7-9-19(14(13)2)26-16(4)21(23)22-15(3)18-12-17(24-5)10-11-20(18)25-6/h7-12,15-16H,1-6H3,(H,22,23)/t15-,16-/m0/s1. The summed E-state index contributed by atoms with van der Waals surface area (Å²) >= 11 is 0. The number of carbonyl (C=O) groups excluding carboxylic acids is 1. The molecule has 0 unspecified atom stereocenters. The number of aryl methyl sites for hydroxylation is 1. The van der Waals surface area contributed by atoms with Crippen LogP contribution in [-0.4, -0.2) is 26.2 Å². The second-order valence-electron chi connectivity index (χ2n) is 6.30. The van der Waals surface area contributed by atoms with E-state index in [1.807, 2.05) is 57.2 Å². The minimum atomic E-state index is -0.616. The zero-order valence-corrected chi connectivity index (χ0v) is 16.3. The van der Waals surface area contributed by atoms with E-state index < -0.39 is 6.10 Å². The Balaban J connectivity index is 2.10. The van der Waals surface area contributed by atoms with E-state index in [1.54, 1.807) is 21.1 Å². The summed E-state index contributed by atoms with van der Waals surface area (Å²) in [4.78, 5) is 12.6. The van der Waals surface area contributed by atoms with Gasteiger partial charge >= 0.3 is 0 Å². The van der Waals surface area contributed by atoms with Crippen molar-refractivity contribution in [3.63, 3.8) is 0 Å². The Morgan fingerprint density at radius 1 is 1.00 bits per heavy atom. The van der Waals surface area contributed by atoms with Gasteiger partial charge in [0.2, 0.25) is 0 Å². The fourth-order valence-electron chi connectivity index (χ4n) is 2.68. The molecule has 0 saturated carbocycles. The van der Waals surface area contributed by atoms with Crippen molar-refractivity contribution in [3.05, 3.63) is 53.1 Å². The molecule has 0 fully saturated rings. The third kappa shape index (κ3) is 4.48. The maximum Gasteiger partial charge on any atom is 0.261 e. The van der Waals surface area contributed by atoms with Gasteiger partial charge in [0.15, 0.2) is 6.10 Å². The molecule has 0 heterocycles. The predicted octanol–water partition coefficient (Wildman–Crippen LogP) is 3.97. The highest BCUT2D eigenvalue weighted by Crippen LogP contribution is 2.29. The first kappa shape index (κ1) is 19.6. The van der Waals surface area contributed by atoms with Gasteiger partial charge in [-0.25, -0.2) is 0 Å². The van der Waals surface area contributed by atoms with Gasteiger partial charge in [0.1, 0.15) is 17.2 Å². The smallest absolute Gasteiger partial charge is 0.261 e. The average molecular weight is 357 g/mol. The van der Waals surface area contributed by atoms with Crippen LogP contribution in [0.15, 0.2) is 36.4 Å². The summed E-state index contributed by atoms with van der Waals surface area (Å²) in [7, 11) is 3.21. The van der Waals surface area contributed by atoms with Gasteiger partial charge in [-0.05, 0) is 63.1 Å². The second kappa shape index (κ2) is 8.61. The van der Waals surface area contributed by atoms with E-state index in [2.05, 4.69) is 5.32 Å². The number of rotatable bonds is 7. The Labute approximate surface area is 155 Å². The number of benzene rings is 2. The van der Waals surface area contributed by atoms with Crippen molar-refractivity contribution in [2.24, 2.45) is 0 Å². The molecule has 0 bridgehead atoms. The maximum absolute atomic E-state index is 12.6. The molecule has 2 aromatic rings.